The summed E-state index contributed by atoms with van der Waals surface area (Å²) in [6, 6.07) is 10.5. The largest absolute Gasteiger partial charge is 0.507 e. The average molecular weight is 1070 g/mol. The molecule has 404 valence electrons. The van der Waals surface area contributed by atoms with Crippen LogP contribution in [0.15, 0.2) is 54.6 Å². The summed E-state index contributed by atoms with van der Waals surface area (Å²) >= 11 is 0. The molecule has 2 aliphatic heterocycles. The quantitative estimate of drug-likeness (QED) is 0.0260. The molecule has 4 aromatic carbocycles. The monoisotopic (exact) mass is 1070 g/mol. The maximum absolute atomic E-state index is 14.0. The molecule has 0 saturated carbocycles. The topological polar surface area (TPSA) is 315 Å². The van der Waals surface area contributed by atoms with Crippen LogP contribution in [0.4, 0.5) is 23.7 Å². The van der Waals surface area contributed by atoms with Crippen molar-refractivity contribution in [2.45, 2.75) is 94.6 Å². The molecule has 8 rings (SSSR count). The van der Waals surface area contributed by atoms with Gasteiger partial charge in [0.1, 0.15) is 47.4 Å². The molecule has 2 fully saturated rings. The number of anilines is 1. The van der Waals surface area contributed by atoms with Crippen LogP contribution >= 0.6 is 0 Å². The number of ketones is 3. The number of phenolic OH excluding ortho intramolecular Hbond substituents is 3. The van der Waals surface area contributed by atoms with E-state index in [9.17, 15) is 72.6 Å². The number of hydrogen-bond acceptors (Lipinski definition) is 18. The number of aliphatic hydroxyl groups excluding tert-OH is 2. The molecular weight excluding hydrogens is 1020 g/mol. The summed E-state index contributed by atoms with van der Waals surface area (Å²) in [7, 11) is 1.28. The highest BCUT2D eigenvalue weighted by Crippen LogP contribution is 2.53. The molecule has 0 spiro atoms. The van der Waals surface area contributed by atoms with Gasteiger partial charge in [0.15, 0.2) is 17.9 Å². The van der Waals surface area contributed by atoms with E-state index < -0.39 is 142 Å². The summed E-state index contributed by atoms with van der Waals surface area (Å²) in [6.07, 6.45) is -11.4. The summed E-state index contributed by atoms with van der Waals surface area (Å²) in [5.74, 6) is -0.890. The molecule has 8 N–H and O–H groups in total. The zero-order valence-electron chi connectivity index (χ0n) is 41.5. The first-order chi connectivity index (χ1) is 36.4. The fraction of sp³-hybridized carbons (Fsp3) is 0.377. The molecule has 4 aliphatic rings. The molecule has 21 nitrogen and oxygen atoms in total. The van der Waals surface area contributed by atoms with Gasteiger partial charge in [-0.1, -0.05) is 30.0 Å². The first-order valence-electron chi connectivity index (χ1n) is 23.7. The minimum Gasteiger partial charge on any atom is -0.507 e. The van der Waals surface area contributed by atoms with Gasteiger partial charge < -0.3 is 54.9 Å². The van der Waals surface area contributed by atoms with Gasteiger partial charge in [-0.05, 0) is 62.7 Å². The van der Waals surface area contributed by atoms with Crippen molar-refractivity contribution < 1.29 is 91.5 Å². The number of nitrogens with one attached hydrogen (secondary N) is 2. The minimum atomic E-state index is -4.93. The van der Waals surface area contributed by atoms with E-state index in [2.05, 4.69) is 22.5 Å². The maximum Gasteiger partial charge on any atom is 0.417 e. The van der Waals surface area contributed by atoms with Crippen LogP contribution in [0.5, 0.6) is 23.0 Å². The number of halogens is 3. The molecule has 4 aromatic rings. The highest BCUT2D eigenvalue weighted by atomic mass is 19.4. The normalized spacial score (nSPS) is 22.6. The molecule has 2 heterocycles. The number of urea groups is 1. The van der Waals surface area contributed by atoms with Gasteiger partial charge in [0, 0.05) is 42.0 Å². The van der Waals surface area contributed by atoms with Crippen LogP contribution in [-0.2, 0) is 43.0 Å². The number of amides is 4. The third kappa shape index (κ3) is 10.2. The number of benzene rings is 4. The predicted octanol–water partition coefficient (Wildman–Crippen LogP) is 3.38. The van der Waals surface area contributed by atoms with Gasteiger partial charge in [0.2, 0.25) is 5.78 Å². The molecule has 2 aliphatic carbocycles. The number of Topliss-reactive ketones (excluding diaryl/α,β-unsaturated/α-hetero) is 1. The van der Waals surface area contributed by atoms with Crippen molar-refractivity contribution in [1.29, 1.82) is 5.26 Å². The summed E-state index contributed by atoms with van der Waals surface area (Å²) in [4.78, 5) is 82.6. The SMILES string of the molecule is COc1cccc2c1C(=O)c1c(O)c3c(c(O)c1C2=O)C[C@@](O)(C(=O)CO)C[C@@H]3OC1C[C@H](NCNC(=O)c2cc(COCC#CCN3C(=O)N(c4ccc(C#N)c(C(F)(F)F)c4)C(=O)C3(C)C)ccc2O)[C@H](O)[C@H](C)O1. The van der Waals surface area contributed by atoms with Crippen molar-refractivity contribution >= 4 is 40.9 Å². The van der Waals surface area contributed by atoms with Crippen molar-refractivity contribution in [3.63, 3.8) is 0 Å². The van der Waals surface area contributed by atoms with Gasteiger partial charge in [-0.2, -0.15) is 18.4 Å². The number of aromatic hydroxyl groups is 3. The van der Waals surface area contributed by atoms with E-state index >= 15 is 0 Å². The third-order valence-corrected chi connectivity index (χ3v) is 14.0. The van der Waals surface area contributed by atoms with Gasteiger partial charge in [0.25, 0.3) is 11.8 Å². The van der Waals surface area contributed by atoms with Crippen molar-refractivity contribution in [2.24, 2.45) is 0 Å². The highest BCUT2D eigenvalue weighted by Gasteiger charge is 2.53. The number of imide groups is 1. The second kappa shape index (κ2) is 21.2. The number of ether oxygens (including phenoxy) is 4. The number of methoxy groups -OCH3 is 1. The average Bonchev–Trinajstić information content (AvgIpc) is 3.60. The first kappa shape index (κ1) is 55.3. The van der Waals surface area contributed by atoms with Crippen molar-refractivity contribution in [1.82, 2.24) is 15.5 Å². The molecule has 1 unspecified atom stereocenters. The number of fused-ring (bicyclic) bond motifs is 3. The Kier molecular flexibility index (Phi) is 15.2. The standard InChI is InChI=1S/C53H50F3N5O16/c1-25-43(65)33(18-38(76-25)77-36-20-52(73,37(64)22-62)19-31-40(36)47(69)42-41(45(31)67)44(66)29-8-7-9-35(74-4)39(29)46(42)68)58-24-59-48(70)30-16-26(10-13-34(30)63)23-75-15-6-5-14-60-50(72)61(49(71)51(60,2)3)28-12-11-27(21-57)32(17-28)53(54,55)56/h7-13,16-17,25,33,36,38,43,58,62-63,65,67,69,73H,14-15,18-20,22-24H2,1-4H3,(H,59,70)/t25-,33-,36-,38?,43+,52-/m0/s1. The fourth-order valence-electron chi connectivity index (χ4n) is 9.87. The fourth-order valence-corrected chi connectivity index (χ4v) is 9.87. The Labute approximate surface area is 436 Å². The van der Waals surface area contributed by atoms with Crippen molar-refractivity contribution in [3.05, 3.63) is 110 Å². The van der Waals surface area contributed by atoms with E-state index in [-0.39, 0.29) is 72.1 Å². The number of rotatable bonds is 14. The van der Waals surface area contributed by atoms with Crippen LogP contribution in [-0.4, -0.2) is 140 Å². The molecule has 0 bridgehead atoms. The van der Waals surface area contributed by atoms with Crippen LogP contribution < -0.4 is 20.3 Å². The van der Waals surface area contributed by atoms with Gasteiger partial charge in [-0.15, -0.1) is 0 Å². The zero-order valence-corrected chi connectivity index (χ0v) is 41.5. The van der Waals surface area contributed by atoms with Gasteiger partial charge in [-0.25, -0.2) is 9.69 Å². The lowest BCUT2D eigenvalue weighted by atomic mass is 9.72. The van der Waals surface area contributed by atoms with Crippen LogP contribution in [0.2, 0.25) is 0 Å². The second-order valence-corrected chi connectivity index (χ2v) is 19.1. The highest BCUT2D eigenvalue weighted by molar-refractivity contribution is 6.31. The van der Waals surface area contributed by atoms with Crippen LogP contribution in [0, 0.1) is 23.2 Å². The Hall–Kier alpha value is -7.94. The number of alkyl halides is 3. The van der Waals surface area contributed by atoms with E-state index in [1.54, 1.807) is 0 Å². The first-order valence-corrected chi connectivity index (χ1v) is 23.7. The number of aliphatic hydroxyl groups is 3. The summed E-state index contributed by atoms with van der Waals surface area (Å²) in [6.45, 7) is 2.27. The van der Waals surface area contributed by atoms with Gasteiger partial charge in [0.05, 0.1) is 90.4 Å². The molecule has 2 saturated heterocycles. The zero-order chi connectivity index (χ0) is 56.1. The lowest BCUT2D eigenvalue weighted by Gasteiger charge is -2.43. The molecule has 0 aromatic heterocycles. The second-order valence-electron chi connectivity index (χ2n) is 19.1. The van der Waals surface area contributed by atoms with Crippen molar-refractivity contribution in [3.8, 4) is 40.9 Å². The number of hydrogen-bond donors (Lipinski definition) is 8. The lowest BCUT2D eigenvalue weighted by Crippen LogP contribution is -2.56. The molecule has 77 heavy (non-hydrogen) atoms. The Morgan fingerprint density at radius 3 is 2.39 bits per heavy atom. The Morgan fingerprint density at radius 1 is 0.974 bits per heavy atom. The summed E-state index contributed by atoms with van der Waals surface area (Å²) in [5.41, 5.74) is -7.97. The predicted molar refractivity (Wildman–Crippen MR) is 258 cm³/mol. The van der Waals surface area contributed by atoms with Crippen LogP contribution in [0.3, 0.4) is 0 Å². The van der Waals surface area contributed by atoms with Gasteiger partial charge >= 0.3 is 12.2 Å². The third-order valence-electron chi connectivity index (χ3n) is 14.0. The number of nitrogens with zero attached hydrogens (tertiary/aromatic N) is 3. The number of nitriles is 1. The number of carbonyl (C=O) groups excluding carboxylic acids is 6. The van der Waals surface area contributed by atoms with E-state index in [1.807, 2.05) is 0 Å². The Bertz CT molecular complexity index is 3240. The Morgan fingerprint density at radius 2 is 1.70 bits per heavy atom. The van der Waals surface area contributed by atoms with E-state index in [1.165, 1.54) is 70.3 Å². The molecule has 0 radical (unpaired) electrons. The minimum absolute atomic E-state index is 0.0217. The summed E-state index contributed by atoms with van der Waals surface area (Å²) < 4.78 is 64.1. The van der Waals surface area contributed by atoms with Gasteiger partial charge in [-0.3, -0.25) is 34.2 Å². The maximum atomic E-state index is 14.0. The molecule has 24 heteroatoms. The van der Waals surface area contributed by atoms with E-state index in [0.717, 1.165) is 17.0 Å². The molecule has 4 amide bonds. The van der Waals surface area contributed by atoms with Crippen molar-refractivity contribution in [2.75, 3.05) is 38.4 Å². The Balaban J connectivity index is 0.894. The summed E-state index contributed by atoms with van der Waals surface area (Å²) in [5, 5.41) is 81.5. The molecule has 6 atom stereocenters. The number of phenols is 3. The van der Waals surface area contributed by atoms with Crippen LogP contribution in [0.1, 0.15) is 110 Å². The van der Waals surface area contributed by atoms with Crippen LogP contribution in [0.25, 0.3) is 0 Å². The van der Waals surface area contributed by atoms with E-state index in [4.69, 9.17) is 24.2 Å². The molecular formula is C53H50F3N5O16. The number of carbonyl (C=O) groups is 6. The lowest BCUT2D eigenvalue weighted by molar-refractivity contribution is -0.249. The van der Waals surface area contributed by atoms with E-state index in [0.29, 0.717) is 16.5 Å². The smallest absolute Gasteiger partial charge is 0.417 e.